The van der Waals surface area contributed by atoms with Crippen molar-refractivity contribution in [3.8, 4) is 5.69 Å². The summed E-state index contributed by atoms with van der Waals surface area (Å²) in [6.07, 6.45) is 1.41. The van der Waals surface area contributed by atoms with E-state index in [9.17, 15) is 10.1 Å². The van der Waals surface area contributed by atoms with Crippen LogP contribution in [0, 0.1) is 24.0 Å². The highest BCUT2D eigenvalue weighted by Crippen LogP contribution is 2.21. The third-order valence-corrected chi connectivity index (χ3v) is 3.01. The van der Waals surface area contributed by atoms with Crippen molar-refractivity contribution in [2.24, 2.45) is 0 Å². The molecule has 0 aliphatic heterocycles. The van der Waals surface area contributed by atoms with E-state index in [4.69, 9.17) is 0 Å². The van der Waals surface area contributed by atoms with Gasteiger partial charge in [-0.1, -0.05) is 6.07 Å². The molecule has 0 fully saturated rings. The van der Waals surface area contributed by atoms with Crippen molar-refractivity contribution >= 4 is 18.3 Å². The predicted octanol–water partition coefficient (Wildman–Crippen LogP) is 2.69. The van der Waals surface area contributed by atoms with Crippen LogP contribution in [0.15, 0.2) is 29.3 Å². The second-order valence-electron chi connectivity index (χ2n) is 3.77. The largest absolute Gasteiger partial charge is 0.310 e. The Morgan fingerprint density at radius 3 is 2.65 bits per heavy atom. The van der Waals surface area contributed by atoms with Crippen LogP contribution in [0.3, 0.4) is 0 Å². The van der Waals surface area contributed by atoms with Gasteiger partial charge in [0.25, 0.3) is 0 Å². The first-order valence-electron chi connectivity index (χ1n) is 4.99. The van der Waals surface area contributed by atoms with Gasteiger partial charge >= 0.3 is 5.69 Å². The molecule has 0 bridgehead atoms. The van der Waals surface area contributed by atoms with E-state index in [1.807, 2.05) is 25.1 Å². The Morgan fingerprint density at radius 1 is 1.41 bits per heavy atom. The number of hydrogen-bond acceptors (Lipinski definition) is 4. The quantitative estimate of drug-likeness (QED) is 0.505. The molecule has 0 spiro atoms. The normalized spacial score (nSPS) is 10.5. The molecule has 0 aliphatic rings. The first-order valence-corrected chi connectivity index (χ1v) is 5.44. The number of nitro groups is 1. The van der Waals surface area contributed by atoms with Crippen molar-refractivity contribution in [3.63, 3.8) is 0 Å². The smallest absolute Gasteiger partial charge is 0.258 e. The molecular weight excluding hydrogens is 238 g/mol. The topological polar surface area (TPSA) is 61.0 Å². The molecular formula is C11H11N3O2S. The van der Waals surface area contributed by atoms with Crippen LogP contribution < -0.4 is 0 Å². The van der Waals surface area contributed by atoms with E-state index in [2.05, 4.69) is 17.7 Å². The Bertz CT molecular complexity index is 592. The van der Waals surface area contributed by atoms with Gasteiger partial charge in [0.2, 0.25) is 0 Å². The van der Waals surface area contributed by atoms with E-state index < -0.39 is 4.92 Å². The molecule has 0 atom stereocenters. The van der Waals surface area contributed by atoms with Gasteiger partial charge in [-0.25, -0.2) is 4.68 Å². The Morgan fingerprint density at radius 2 is 2.12 bits per heavy atom. The van der Waals surface area contributed by atoms with E-state index in [1.165, 1.54) is 10.9 Å². The second-order valence-corrected chi connectivity index (χ2v) is 4.25. The van der Waals surface area contributed by atoms with Gasteiger partial charge in [-0.2, -0.15) is 5.10 Å². The van der Waals surface area contributed by atoms with Crippen molar-refractivity contribution in [2.45, 2.75) is 18.7 Å². The Hall–Kier alpha value is -1.82. The number of aromatic nitrogens is 2. The van der Waals surface area contributed by atoms with Crippen LogP contribution >= 0.6 is 12.6 Å². The molecule has 0 radical (unpaired) electrons. The zero-order valence-electron chi connectivity index (χ0n) is 9.41. The molecule has 0 N–H and O–H groups in total. The lowest BCUT2D eigenvalue weighted by Crippen LogP contribution is -1.95. The van der Waals surface area contributed by atoms with Crippen LogP contribution in [0.25, 0.3) is 5.69 Å². The molecule has 1 aromatic carbocycles. The standard InChI is InChI=1S/C11H11N3O2S/c1-7-3-4-9(5-11(7)17)13-6-10(14(15)16)8(2)12-13/h3-6,17H,1-2H3. The van der Waals surface area contributed by atoms with Crippen LogP contribution in [0.5, 0.6) is 0 Å². The number of aryl methyl sites for hydroxylation is 2. The highest BCUT2D eigenvalue weighted by atomic mass is 32.1. The van der Waals surface area contributed by atoms with Crippen LogP contribution in [0.2, 0.25) is 0 Å². The number of thiol groups is 1. The third kappa shape index (κ3) is 2.16. The number of benzene rings is 1. The van der Waals surface area contributed by atoms with Crippen molar-refractivity contribution < 1.29 is 4.92 Å². The van der Waals surface area contributed by atoms with Crippen LogP contribution in [0.4, 0.5) is 5.69 Å². The Kier molecular flexibility index (Phi) is 2.89. The van der Waals surface area contributed by atoms with Crippen molar-refractivity contribution in [1.82, 2.24) is 9.78 Å². The van der Waals surface area contributed by atoms with Crippen molar-refractivity contribution in [3.05, 3.63) is 45.8 Å². The second kappa shape index (κ2) is 4.21. The van der Waals surface area contributed by atoms with Crippen molar-refractivity contribution in [2.75, 3.05) is 0 Å². The Labute approximate surface area is 104 Å². The van der Waals surface area contributed by atoms with E-state index in [-0.39, 0.29) is 5.69 Å². The fourth-order valence-corrected chi connectivity index (χ4v) is 1.71. The minimum Gasteiger partial charge on any atom is -0.258 e. The van der Waals surface area contributed by atoms with Crippen LogP contribution in [-0.4, -0.2) is 14.7 Å². The summed E-state index contributed by atoms with van der Waals surface area (Å²) in [5.41, 5.74) is 2.23. The maximum absolute atomic E-state index is 10.7. The van der Waals surface area contributed by atoms with Gasteiger partial charge < -0.3 is 0 Å². The molecule has 6 heteroatoms. The summed E-state index contributed by atoms with van der Waals surface area (Å²) < 4.78 is 1.49. The maximum Gasteiger partial charge on any atom is 0.310 e. The first kappa shape index (κ1) is 11.7. The van der Waals surface area contributed by atoms with E-state index in [1.54, 1.807) is 6.92 Å². The average Bonchev–Trinajstić information content (AvgIpc) is 2.64. The number of rotatable bonds is 2. The molecule has 0 unspecified atom stereocenters. The van der Waals surface area contributed by atoms with E-state index >= 15 is 0 Å². The highest BCUT2D eigenvalue weighted by molar-refractivity contribution is 7.80. The molecule has 17 heavy (non-hydrogen) atoms. The van der Waals surface area contributed by atoms with Gasteiger partial charge in [-0.3, -0.25) is 10.1 Å². The van der Waals surface area contributed by atoms with Crippen molar-refractivity contribution in [1.29, 1.82) is 0 Å². The molecule has 5 nitrogen and oxygen atoms in total. The van der Waals surface area contributed by atoms with Gasteiger partial charge in [0, 0.05) is 4.90 Å². The van der Waals surface area contributed by atoms with Gasteiger partial charge in [-0.05, 0) is 31.5 Å². The monoisotopic (exact) mass is 249 g/mol. The molecule has 88 valence electrons. The summed E-state index contributed by atoms with van der Waals surface area (Å²) in [4.78, 5) is 11.1. The number of hydrogen-bond donors (Lipinski definition) is 1. The summed E-state index contributed by atoms with van der Waals surface area (Å²) in [7, 11) is 0. The summed E-state index contributed by atoms with van der Waals surface area (Å²) in [5, 5.41) is 14.8. The van der Waals surface area contributed by atoms with Gasteiger partial charge in [0.05, 0.1) is 10.6 Å². The van der Waals surface area contributed by atoms with E-state index in [0.29, 0.717) is 5.69 Å². The SMILES string of the molecule is Cc1ccc(-n2cc([N+](=O)[O-])c(C)n2)cc1S. The third-order valence-electron chi connectivity index (χ3n) is 2.53. The van der Waals surface area contributed by atoms with Gasteiger partial charge in [0.1, 0.15) is 11.9 Å². The maximum atomic E-state index is 10.7. The molecule has 1 heterocycles. The summed E-state index contributed by atoms with van der Waals surface area (Å²) in [5.74, 6) is 0. The summed E-state index contributed by atoms with van der Waals surface area (Å²) in [6.45, 7) is 3.56. The molecule has 0 saturated carbocycles. The highest BCUT2D eigenvalue weighted by Gasteiger charge is 2.16. The Balaban J connectivity index is 2.50. The van der Waals surface area contributed by atoms with Crippen LogP contribution in [0.1, 0.15) is 11.3 Å². The molecule has 0 amide bonds. The molecule has 0 aliphatic carbocycles. The molecule has 2 aromatic rings. The fourth-order valence-electron chi connectivity index (χ4n) is 1.50. The molecule has 2 rings (SSSR count). The lowest BCUT2D eigenvalue weighted by molar-refractivity contribution is -0.385. The lowest BCUT2D eigenvalue weighted by Gasteiger charge is -2.03. The molecule has 1 aromatic heterocycles. The summed E-state index contributed by atoms with van der Waals surface area (Å²) in [6, 6.07) is 5.58. The van der Waals surface area contributed by atoms with Crippen LogP contribution in [-0.2, 0) is 0 Å². The van der Waals surface area contributed by atoms with Gasteiger partial charge in [-0.15, -0.1) is 12.6 Å². The first-order chi connectivity index (χ1) is 7.99. The predicted molar refractivity (Wildman–Crippen MR) is 66.9 cm³/mol. The fraction of sp³-hybridized carbons (Fsp3) is 0.182. The summed E-state index contributed by atoms with van der Waals surface area (Å²) >= 11 is 4.32. The minimum absolute atomic E-state index is 0.0197. The van der Waals surface area contributed by atoms with E-state index in [0.717, 1.165) is 16.1 Å². The zero-order chi connectivity index (χ0) is 12.6. The molecule has 0 saturated heterocycles. The van der Waals surface area contributed by atoms with Gasteiger partial charge in [0.15, 0.2) is 0 Å². The average molecular weight is 249 g/mol. The lowest BCUT2D eigenvalue weighted by atomic mass is 10.2. The zero-order valence-corrected chi connectivity index (χ0v) is 10.3. The minimum atomic E-state index is -0.436. The number of nitrogens with zero attached hydrogens (tertiary/aromatic N) is 3.